The number of likely N-dealkylation sites (tertiary alicyclic amines) is 1. The van der Waals surface area contributed by atoms with Crippen LogP contribution in [0.2, 0.25) is 0 Å². The van der Waals surface area contributed by atoms with E-state index < -0.39 is 0 Å². The van der Waals surface area contributed by atoms with Gasteiger partial charge in [0.05, 0.1) is 12.1 Å². The van der Waals surface area contributed by atoms with Crippen LogP contribution in [0.15, 0.2) is 24.3 Å². The molecule has 0 radical (unpaired) electrons. The van der Waals surface area contributed by atoms with Crippen LogP contribution in [-0.4, -0.2) is 54.8 Å². The summed E-state index contributed by atoms with van der Waals surface area (Å²) in [5.74, 6) is 1.07. The number of nitrogens with zero attached hydrogens (tertiary/aromatic N) is 1. The van der Waals surface area contributed by atoms with E-state index in [0.29, 0.717) is 18.7 Å². The van der Waals surface area contributed by atoms with E-state index in [1.54, 1.807) is 0 Å². The van der Waals surface area contributed by atoms with E-state index in [1.807, 2.05) is 18.2 Å². The van der Waals surface area contributed by atoms with Gasteiger partial charge in [0.15, 0.2) is 0 Å². The molecule has 3 aliphatic rings. The molecule has 2 saturated heterocycles. The summed E-state index contributed by atoms with van der Waals surface area (Å²) in [5.41, 5.74) is 1.19. The number of fused-ring (bicyclic) bond motifs is 1. The first-order valence-corrected chi connectivity index (χ1v) is 9.08. The molecule has 0 spiro atoms. The van der Waals surface area contributed by atoms with Gasteiger partial charge < -0.3 is 14.8 Å². The summed E-state index contributed by atoms with van der Waals surface area (Å²) < 4.78 is 11.7. The third-order valence-electron chi connectivity index (χ3n) is 5.29. The van der Waals surface area contributed by atoms with Crippen molar-refractivity contribution in [1.29, 1.82) is 0 Å². The first-order valence-electron chi connectivity index (χ1n) is 9.08. The van der Waals surface area contributed by atoms with E-state index in [-0.39, 0.29) is 18.1 Å². The van der Waals surface area contributed by atoms with Gasteiger partial charge >= 0.3 is 0 Å². The maximum Gasteiger partial charge on any atom is 0.237 e. The van der Waals surface area contributed by atoms with Crippen molar-refractivity contribution in [3.63, 3.8) is 0 Å². The molecule has 3 atom stereocenters. The second kappa shape index (κ2) is 6.73. The molecule has 1 N–H and O–H groups in total. The highest BCUT2D eigenvalue weighted by molar-refractivity contribution is 5.82. The van der Waals surface area contributed by atoms with Crippen molar-refractivity contribution in [1.82, 2.24) is 10.2 Å². The van der Waals surface area contributed by atoms with E-state index >= 15 is 0 Å². The molecule has 2 aliphatic heterocycles. The number of aryl methyl sites for hydroxylation is 1. The molecule has 1 saturated carbocycles. The predicted octanol–water partition coefficient (Wildman–Crippen LogP) is 1.88. The van der Waals surface area contributed by atoms with Crippen molar-refractivity contribution in [3.05, 3.63) is 29.8 Å². The monoisotopic (exact) mass is 330 g/mol. The highest BCUT2D eigenvalue weighted by Gasteiger charge is 2.47. The van der Waals surface area contributed by atoms with Gasteiger partial charge in [-0.2, -0.15) is 0 Å². The second-order valence-corrected chi connectivity index (χ2v) is 7.20. The Morgan fingerprint density at radius 3 is 3.04 bits per heavy atom. The Labute approximate surface area is 143 Å². The van der Waals surface area contributed by atoms with Crippen LogP contribution >= 0.6 is 0 Å². The summed E-state index contributed by atoms with van der Waals surface area (Å²) in [6.07, 6.45) is 4.28. The van der Waals surface area contributed by atoms with Gasteiger partial charge in [0.1, 0.15) is 12.4 Å². The Balaban J connectivity index is 1.37. The molecule has 130 valence electrons. The Morgan fingerprint density at radius 2 is 2.25 bits per heavy atom. The first kappa shape index (κ1) is 15.9. The van der Waals surface area contributed by atoms with Crippen molar-refractivity contribution in [2.75, 3.05) is 19.8 Å². The number of ether oxygens (including phenoxy) is 2. The summed E-state index contributed by atoms with van der Waals surface area (Å²) in [7, 11) is 0. The lowest BCUT2D eigenvalue weighted by Gasteiger charge is -2.28. The van der Waals surface area contributed by atoms with E-state index in [9.17, 15) is 4.79 Å². The zero-order chi connectivity index (χ0) is 16.5. The molecule has 1 aliphatic carbocycles. The van der Waals surface area contributed by atoms with E-state index in [0.717, 1.165) is 44.6 Å². The van der Waals surface area contributed by atoms with Crippen LogP contribution in [0, 0.1) is 6.92 Å². The summed E-state index contributed by atoms with van der Waals surface area (Å²) in [6, 6.07) is 8.80. The maximum absolute atomic E-state index is 12.6. The number of carbonyl (C=O) groups excluding carboxylic acids is 1. The zero-order valence-electron chi connectivity index (χ0n) is 14.2. The van der Waals surface area contributed by atoms with Crippen molar-refractivity contribution < 1.29 is 14.3 Å². The van der Waals surface area contributed by atoms with Crippen LogP contribution in [0.5, 0.6) is 5.75 Å². The van der Waals surface area contributed by atoms with Gasteiger partial charge in [0.2, 0.25) is 5.91 Å². The molecule has 0 aromatic heterocycles. The van der Waals surface area contributed by atoms with Crippen molar-refractivity contribution in [2.24, 2.45) is 0 Å². The molecular formula is C19H26N2O3. The number of hydrogen-bond donors (Lipinski definition) is 1. The van der Waals surface area contributed by atoms with Crippen LogP contribution in [0.4, 0.5) is 0 Å². The molecule has 2 heterocycles. The van der Waals surface area contributed by atoms with Crippen LogP contribution in [0.25, 0.3) is 0 Å². The van der Waals surface area contributed by atoms with Gasteiger partial charge in [-0.15, -0.1) is 0 Å². The van der Waals surface area contributed by atoms with Gasteiger partial charge in [-0.25, -0.2) is 0 Å². The molecule has 3 fully saturated rings. The fraction of sp³-hybridized carbons (Fsp3) is 0.632. The zero-order valence-corrected chi connectivity index (χ0v) is 14.2. The molecule has 24 heavy (non-hydrogen) atoms. The van der Waals surface area contributed by atoms with Crippen molar-refractivity contribution in [3.8, 4) is 5.75 Å². The van der Waals surface area contributed by atoms with Crippen LogP contribution in [-0.2, 0) is 9.53 Å². The number of carbonyl (C=O) groups is 1. The molecule has 1 aromatic rings. The third kappa shape index (κ3) is 3.42. The topological polar surface area (TPSA) is 50.8 Å². The highest BCUT2D eigenvalue weighted by Crippen LogP contribution is 2.34. The number of amides is 1. The van der Waals surface area contributed by atoms with Gasteiger partial charge in [0.25, 0.3) is 0 Å². The minimum absolute atomic E-state index is 0.0676. The summed E-state index contributed by atoms with van der Waals surface area (Å²) >= 11 is 0. The molecule has 5 heteroatoms. The van der Waals surface area contributed by atoms with E-state index in [1.165, 1.54) is 5.56 Å². The number of rotatable bonds is 6. The lowest BCUT2D eigenvalue weighted by Crippen LogP contribution is -2.48. The van der Waals surface area contributed by atoms with E-state index in [4.69, 9.17) is 9.47 Å². The smallest absolute Gasteiger partial charge is 0.237 e. The fourth-order valence-corrected chi connectivity index (χ4v) is 3.91. The standard InChI is InChI=1S/C19H26N2O3/c1-13-3-2-4-15(11-13)23-10-8-21-16-7-9-24-18(16)12-17(21)19(22)20-14-5-6-14/h2-4,11,14,16-18H,5-10,12H2,1H3,(H,20,22)/t16-,17-,18-/m0/s1. The average Bonchev–Trinajstić information content (AvgIpc) is 3.13. The largest absolute Gasteiger partial charge is 0.492 e. The normalized spacial score (nSPS) is 29.5. The van der Waals surface area contributed by atoms with Gasteiger partial charge in [-0.1, -0.05) is 12.1 Å². The molecule has 0 unspecified atom stereocenters. The summed E-state index contributed by atoms with van der Waals surface area (Å²) in [4.78, 5) is 14.9. The molecule has 5 nitrogen and oxygen atoms in total. The molecule has 4 rings (SSSR count). The van der Waals surface area contributed by atoms with Crippen LogP contribution in [0.1, 0.15) is 31.2 Å². The number of hydrogen-bond acceptors (Lipinski definition) is 4. The lowest BCUT2D eigenvalue weighted by molar-refractivity contribution is -0.126. The van der Waals surface area contributed by atoms with Gasteiger partial charge in [-0.3, -0.25) is 9.69 Å². The van der Waals surface area contributed by atoms with E-state index in [2.05, 4.69) is 23.2 Å². The Kier molecular flexibility index (Phi) is 4.46. The minimum atomic E-state index is -0.0676. The lowest BCUT2D eigenvalue weighted by atomic mass is 10.1. The van der Waals surface area contributed by atoms with Gasteiger partial charge in [0, 0.05) is 25.2 Å². The number of nitrogens with one attached hydrogen (secondary N) is 1. The Morgan fingerprint density at radius 1 is 1.38 bits per heavy atom. The summed E-state index contributed by atoms with van der Waals surface area (Å²) in [5, 5.41) is 3.15. The molecule has 0 bridgehead atoms. The SMILES string of the molecule is Cc1cccc(OCCN2[C@H](C(=O)NC3CC3)C[C@@H]3OCC[C@@H]32)c1. The third-order valence-corrected chi connectivity index (χ3v) is 5.29. The number of benzene rings is 1. The Bertz CT molecular complexity index is 602. The van der Waals surface area contributed by atoms with Crippen molar-refractivity contribution >= 4 is 5.91 Å². The predicted molar refractivity (Wildman–Crippen MR) is 91.1 cm³/mol. The fourth-order valence-electron chi connectivity index (χ4n) is 3.91. The van der Waals surface area contributed by atoms with Crippen LogP contribution in [0.3, 0.4) is 0 Å². The van der Waals surface area contributed by atoms with Gasteiger partial charge in [-0.05, 0) is 50.3 Å². The van der Waals surface area contributed by atoms with Crippen molar-refractivity contribution in [2.45, 2.75) is 56.8 Å². The second-order valence-electron chi connectivity index (χ2n) is 7.20. The minimum Gasteiger partial charge on any atom is -0.492 e. The first-order chi connectivity index (χ1) is 11.7. The molecule has 1 aromatic carbocycles. The molecule has 1 amide bonds. The Hall–Kier alpha value is -1.59. The maximum atomic E-state index is 12.6. The molecular weight excluding hydrogens is 304 g/mol. The van der Waals surface area contributed by atoms with Crippen LogP contribution < -0.4 is 10.1 Å². The summed E-state index contributed by atoms with van der Waals surface area (Å²) in [6.45, 7) is 4.23. The quantitative estimate of drug-likeness (QED) is 0.865. The average molecular weight is 330 g/mol. The highest BCUT2D eigenvalue weighted by atomic mass is 16.5.